The van der Waals surface area contributed by atoms with E-state index in [2.05, 4.69) is 0 Å². The van der Waals surface area contributed by atoms with Gasteiger partial charge in [0.05, 0.1) is 24.4 Å². The third-order valence-electron chi connectivity index (χ3n) is 8.92. The highest BCUT2D eigenvalue weighted by atomic mass is 16.7. The molecular formula is C24H32O9. The molecule has 2 aliphatic heterocycles. The van der Waals surface area contributed by atoms with E-state index in [4.69, 9.17) is 23.7 Å². The largest absolute Gasteiger partial charge is 0.472 e. The van der Waals surface area contributed by atoms with Gasteiger partial charge in [-0.25, -0.2) is 0 Å². The van der Waals surface area contributed by atoms with Crippen LogP contribution in [0, 0.1) is 34.5 Å². The highest BCUT2D eigenvalue weighted by Gasteiger charge is 2.82. The van der Waals surface area contributed by atoms with Crippen LogP contribution in [0.2, 0.25) is 0 Å². The van der Waals surface area contributed by atoms with E-state index in [9.17, 15) is 19.5 Å². The van der Waals surface area contributed by atoms with Crippen molar-refractivity contribution in [2.45, 2.75) is 78.2 Å². The fraction of sp³-hybridized carbons (Fsp3) is 0.792. The van der Waals surface area contributed by atoms with Crippen LogP contribution in [0.3, 0.4) is 0 Å². The first-order valence-electron chi connectivity index (χ1n) is 11.7. The average Bonchev–Trinajstić information content (AvgIpc) is 3.13. The maximum absolute atomic E-state index is 13.2. The molecule has 3 bridgehead atoms. The molecule has 9 nitrogen and oxygen atoms in total. The molecule has 11 atom stereocenters. The van der Waals surface area contributed by atoms with Gasteiger partial charge in [-0.05, 0) is 26.7 Å². The number of fused-ring (bicyclic) bond motifs is 3. The molecule has 4 fully saturated rings. The molecular weight excluding hydrogens is 432 g/mol. The lowest BCUT2D eigenvalue weighted by Crippen LogP contribution is -2.58. The van der Waals surface area contributed by atoms with Crippen molar-refractivity contribution in [2.24, 2.45) is 34.5 Å². The lowest BCUT2D eigenvalue weighted by molar-refractivity contribution is -0.212. The molecule has 182 valence electrons. The Labute approximate surface area is 192 Å². The molecule has 1 saturated heterocycles. The third-order valence-corrected chi connectivity index (χ3v) is 8.92. The van der Waals surface area contributed by atoms with Gasteiger partial charge in [-0.15, -0.1) is 0 Å². The summed E-state index contributed by atoms with van der Waals surface area (Å²) in [6.07, 6.45) is -0.305. The van der Waals surface area contributed by atoms with Crippen molar-refractivity contribution in [3.05, 3.63) is 11.8 Å². The minimum absolute atomic E-state index is 0.0582. The quantitative estimate of drug-likeness (QED) is 0.463. The number of carbonyl (C=O) groups is 3. The Morgan fingerprint density at radius 1 is 1.24 bits per heavy atom. The van der Waals surface area contributed by atoms with Gasteiger partial charge in [0.15, 0.2) is 6.10 Å². The summed E-state index contributed by atoms with van der Waals surface area (Å²) >= 11 is 0. The number of ether oxygens (including phenoxy) is 5. The Morgan fingerprint density at radius 2 is 1.97 bits per heavy atom. The Morgan fingerprint density at radius 3 is 2.64 bits per heavy atom. The second kappa shape index (κ2) is 7.43. The number of rotatable bonds is 6. The number of carbonyl (C=O) groups excluding carboxylic acids is 3. The van der Waals surface area contributed by atoms with Crippen LogP contribution < -0.4 is 0 Å². The molecule has 0 radical (unpaired) electrons. The first-order valence-corrected chi connectivity index (χ1v) is 11.7. The van der Waals surface area contributed by atoms with Crippen LogP contribution in [0.15, 0.2) is 11.8 Å². The Hall–Kier alpha value is -2.13. The topological polar surface area (TPSA) is 118 Å². The molecule has 1 spiro atoms. The van der Waals surface area contributed by atoms with E-state index < -0.39 is 41.4 Å². The molecule has 0 aromatic carbocycles. The van der Waals surface area contributed by atoms with E-state index in [-0.39, 0.29) is 41.7 Å². The Kier molecular flexibility index (Phi) is 5.10. The summed E-state index contributed by atoms with van der Waals surface area (Å²) in [5.41, 5.74) is -0.688. The second-order valence-corrected chi connectivity index (χ2v) is 10.6. The number of esters is 3. The molecule has 33 heavy (non-hydrogen) atoms. The maximum Gasteiger partial charge on any atom is 0.313 e. The molecule has 3 aliphatic carbocycles. The standard InChI is InChI=1S/C24H32O9/c1-10(11(2)31-12(3)25)8-29-21-14-6-17(27)20-23(5)15-7-24(14,20)16(9-30-21)19(33-22(23)28)18(15)32-13(4)26/h9-11,14-15,17-21,27H,6-8H2,1-5H3/t10-,11+,14-,15+,17-,18?,19-,20+,21-,23-,24+/m1/s1. The number of hydrogen-bond acceptors (Lipinski definition) is 9. The molecule has 5 aliphatic rings. The van der Waals surface area contributed by atoms with Crippen LogP contribution in [0.4, 0.5) is 0 Å². The van der Waals surface area contributed by atoms with Crippen LogP contribution in [-0.2, 0) is 38.1 Å². The van der Waals surface area contributed by atoms with Crippen molar-refractivity contribution < 1.29 is 43.2 Å². The zero-order valence-corrected chi connectivity index (χ0v) is 19.6. The fourth-order valence-electron chi connectivity index (χ4n) is 7.49. The average molecular weight is 465 g/mol. The minimum Gasteiger partial charge on any atom is -0.472 e. The third kappa shape index (κ3) is 2.94. The van der Waals surface area contributed by atoms with Crippen molar-refractivity contribution in [1.82, 2.24) is 0 Å². The highest BCUT2D eigenvalue weighted by Crippen LogP contribution is 2.77. The summed E-state index contributed by atoms with van der Waals surface area (Å²) in [5.74, 6) is -1.95. The summed E-state index contributed by atoms with van der Waals surface area (Å²) in [5, 5.41) is 11.2. The molecule has 1 N–H and O–H groups in total. The molecule has 5 rings (SSSR count). The van der Waals surface area contributed by atoms with Crippen molar-refractivity contribution in [1.29, 1.82) is 0 Å². The number of aliphatic hydroxyl groups excluding tert-OH is 1. The number of hydrogen-bond donors (Lipinski definition) is 1. The predicted octanol–water partition coefficient (Wildman–Crippen LogP) is 1.71. The maximum atomic E-state index is 13.2. The van der Waals surface area contributed by atoms with Gasteiger partial charge in [0.1, 0.15) is 12.2 Å². The zero-order chi connectivity index (χ0) is 23.9. The smallest absolute Gasteiger partial charge is 0.313 e. The second-order valence-electron chi connectivity index (χ2n) is 10.6. The van der Waals surface area contributed by atoms with E-state index >= 15 is 0 Å². The van der Waals surface area contributed by atoms with E-state index in [1.165, 1.54) is 13.8 Å². The van der Waals surface area contributed by atoms with Gasteiger partial charge in [0, 0.05) is 48.5 Å². The fourth-order valence-corrected chi connectivity index (χ4v) is 7.49. The van der Waals surface area contributed by atoms with Gasteiger partial charge < -0.3 is 28.8 Å². The molecule has 0 amide bonds. The van der Waals surface area contributed by atoms with E-state index in [1.54, 1.807) is 6.26 Å². The van der Waals surface area contributed by atoms with Crippen molar-refractivity contribution in [2.75, 3.05) is 6.61 Å². The minimum atomic E-state index is -0.959. The first-order chi connectivity index (χ1) is 15.5. The summed E-state index contributed by atoms with van der Waals surface area (Å²) in [4.78, 5) is 36.3. The lowest BCUT2D eigenvalue weighted by atomic mass is 9.61. The van der Waals surface area contributed by atoms with E-state index in [0.29, 0.717) is 19.4 Å². The number of aliphatic hydroxyl groups is 1. The SMILES string of the molecule is CC(=O)OC1[C@@H]2OC(=O)[C@]3(C)[C@H]1C[C@@]14C2=CO[C@@H](OC[C@@H](C)[C@H](C)OC(C)=O)[C@H]1C[C@@H](O)[C@@H]34. The van der Waals surface area contributed by atoms with E-state index in [0.717, 1.165) is 5.57 Å². The normalized spacial score (nSPS) is 45.9. The highest BCUT2D eigenvalue weighted by molar-refractivity contribution is 5.82. The Balaban J connectivity index is 1.46. The van der Waals surface area contributed by atoms with Gasteiger partial charge in [0.25, 0.3) is 0 Å². The lowest BCUT2D eigenvalue weighted by Gasteiger charge is -2.51. The molecule has 9 heteroatoms. The summed E-state index contributed by atoms with van der Waals surface area (Å²) in [6, 6.07) is 0. The Bertz CT molecular complexity index is 914. The molecule has 3 saturated carbocycles. The van der Waals surface area contributed by atoms with Gasteiger partial charge in [-0.3, -0.25) is 14.4 Å². The zero-order valence-electron chi connectivity index (χ0n) is 19.6. The molecule has 0 aromatic rings. The van der Waals surface area contributed by atoms with Crippen LogP contribution in [-0.4, -0.2) is 60.3 Å². The molecule has 1 unspecified atom stereocenters. The van der Waals surface area contributed by atoms with Crippen LogP contribution in [0.25, 0.3) is 0 Å². The summed E-state index contributed by atoms with van der Waals surface area (Å²) in [7, 11) is 0. The summed E-state index contributed by atoms with van der Waals surface area (Å²) < 4.78 is 28.9. The van der Waals surface area contributed by atoms with Gasteiger partial charge in [0.2, 0.25) is 6.29 Å². The summed E-state index contributed by atoms with van der Waals surface area (Å²) in [6.45, 7) is 8.64. The molecule has 0 aromatic heterocycles. The van der Waals surface area contributed by atoms with Gasteiger partial charge in [-0.1, -0.05) is 6.92 Å². The van der Waals surface area contributed by atoms with Crippen molar-refractivity contribution in [3.63, 3.8) is 0 Å². The van der Waals surface area contributed by atoms with Crippen LogP contribution in [0.5, 0.6) is 0 Å². The first kappa shape index (κ1) is 22.7. The van der Waals surface area contributed by atoms with Gasteiger partial charge in [-0.2, -0.15) is 0 Å². The van der Waals surface area contributed by atoms with Crippen molar-refractivity contribution >= 4 is 17.9 Å². The van der Waals surface area contributed by atoms with Crippen LogP contribution in [0.1, 0.15) is 47.5 Å². The molecule has 2 heterocycles. The predicted molar refractivity (Wildman–Crippen MR) is 111 cm³/mol. The van der Waals surface area contributed by atoms with Crippen molar-refractivity contribution in [3.8, 4) is 0 Å². The monoisotopic (exact) mass is 464 g/mol. The van der Waals surface area contributed by atoms with Gasteiger partial charge >= 0.3 is 17.9 Å². The van der Waals surface area contributed by atoms with Crippen LogP contribution >= 0.6 is 0 Å². The van der Waals surface area contributed by atoms with E-state index in [1.807, 2.05) is 20.8 Å².